The second kappa shape index (κ2) is 12.2. The van der Waals surface area contributed by atoms with Crippen LogP contribution in [0.2, 0.25) is 0 Å². The van der Waals surface area contributed by atoms with Crippen molar-refractivity contribution in [3.8, 4) is 0 Å². The number of benzene rings is 1. The Balaban J connectivity index is 1.34. The highest BCUT2D eigenvalue weighted by atomic mass is 16.3. The number of aliphatic hydroxyl groups excluding tert-OH is 1. The number of rotatable bonds is 7. The van der Waals surface area contributed by atoms with E-state index in [1.54, 1.807) is 0 Å². The molecule has 40 heavy (non-hydrogen) atoms. The molecule has 0 radical (unpaired) electrons. The average molecular weight is 544 g/mol. The van der Waals surface area contributed by atoms with Crippen LogP contribution in [-0.2, 0) is 6.42 Å². The first-order chi connectivity index (χ1) is 19.8. The van der Waals surface area contributed by atoms with Crippen molar-refractivity contribution in [1.29, 1.82) is 0 Å². The lowest BCUT2D eigenvalue weighted by Gasteiger charge is -2.44. The number of anilines is 2. The molecule has 0 spiro atoms. The zero-order valence-electron chi connectivity index (χ0n) is 24.9. The molecular weight excluding hydrogens is 490 g/mol. The summed E-state index contributed by atoms with van der Waals surface area (Å²) in [6.45, 7) is 0. The molecular formula is C36H53N3O. The third-order valence-electron chi connectivity index (χ3n) is 11.4. The van der Waals surface area contributed by atoms with Crippen LogP contribution >= 0.6 is 0 Å². The van der Waals surface area contributed by atoms with Crippen LogP contribution in [0.5, 0.6) is 0 Å². The quantitative estimate of drug-likeness (QED) is 0.384. The van der Waals surface area contributed by atoms with Gasteiger partial charge in [-0.2, -0.15) is 0 Å². The van der Waals surface area contributed by atoms with Crippen LogP contribution in [0.4, 0.5) is 11.4 Å². The van der Waals surface area contributed by atoms with Crippen molar-refractivity contribution in [3.05, 3.63) is 40.7 Å². The van der Waals surface area contributed by atoms with E-state index in [-0.39, 0.29) is 6.04 Å². The van der Waals surface area contributed by atoms with Gasteiger partial charge in [0.05, 0.1) is 17.5 Å². The van der Waals surface area contributed by atoms with Gasteiger partial charge in [-0.05, 0) is 62.5 Å². The van der Waals surface area contributed by atoms with E-state index in [4.69, 9.17) is 4.99 Å². The summed E-state index contributed by atoms with van der Waals surface area (Å²) in [6.07, 6.45) is 27.8. The number of hydrogen-bond donors (Lipinski definition) is 1. The van der Waals surface area contributed by atoms with Gasteiger partial charge < -0.3 is 14.9 Å². The monoisotopic (exact) mass is 543 g/mol. The van der Waals surface area contributed by atoms with Gasteiger partial charge in [0.2, 0.25) is 0 Å². The van der Waals surface area contributed by atoms with Crippen molar-refractivity contribution >= 4 is 11.4 Å². The molecule has 0 aromatic heterocycles. The molecule has 4 saturated carbocycles. The van der Waals surface area contributed by atoms with Crippen LogP contribution in [0.1, 0.15) is 146 Å². The largest absolute Gasteiger partial charge is 0.390 e. The van der Waals surface area contributed by atoms with Gasteiger partial charge in [-0.25, -0.2) is 0 Å². The fourth-order valence-electron chi connectivity index (χ4n) is 9.38. The number of nitrogens with zero attached hydrogens (tertiary/aromatic N) is 3. The summed E-state index contributed by atoms with van der Waals surface area (Å²) in [4.78, 5) is 11.5. The average Bonchev–Trinajstić information content (AvgIpc) is 3.59. The van der Waals surface area contributed by atoms with Crippen molar-refractivity contribution < 1.29 is 5.11 Å². The molecule has 5 aliphatic carbocycles. The lowest BCUT2D eigenvalue weighted by molar-refractivity contribution is 0.158. The van der Waals surface area contributed by atoms with Crippen LogP contribution in [0.25, 0.3) is 0 Å². The third kappa shape index (κ3) is 5.39. The lowest BCUT2D eigenvalue weighted by Crippen LogP contribution is -2.46. The molecule has 5 aliphatic rings. The van der Waals surface area contributed by atoms with Crippen LogP contribution in [0.3, 0.4) is 0 Å². The maximum Gasteiger partial charge on any atom is 0.109 e. The van der Waals surface area contributed by atoms with Crippen molar-refractivity contribution in [3.63, 3.8) is 0 Å². The fourth-order valence-corrected chi connectivity index (χ4v) is 9.38. The summed E-state index contributed by atoms with van der Waals surface area (Å²) in [5, 5.41) is 12.6. The SMILES string of the molecule is O[C@H]1Cc2ccccc2[C@@H]1N=c1c(N(C2CCCCC2)C2CCCCC2)c1N(C1CCCCC1)C1CCCCC1. The Morgan fingerprint density at radius 1 is 0.550 bits per heavy atom. The van der Waals surface area contributed by atoms with Gasteiger partial charge in [0.25, 0.3) is 0 Å². The summed E-state index contributed by atoms with van der Waals surface area (Å²) < 4.78 is 0. The highest BCUT2D eigenvalue weighted by Gasteiger charge is 2.43. The predicted octanol–water partition coefficient (Wildman–Crippen LogP) is 8.06. The molecule has 4 nitrogen and oxygen atoms in total. The molecule has 0 aliphatic heterocycles. The van der Waals surface area contributed by atoms with Crippen molar-refractivity contribution in [2.75, 3.05) is 9.80 Å². The highest BCUT2D eigenvalue weighted by molar-refractivity contribution is 5.86. The van der Waals surface area contributed by atoms with E-state index >= 15 is 0 Å². The zero-order valence-corrected chi connectivity index (χ0v) is 24.9. The maximum atomic E-state index is 11.3. The molecule has 2 aromatic carbocycles. The van der Waals surface area contributed by atoms with Crippen molar-refractivity contribution in [1.82, 2.24) is 0 Å². The molecule has 2 aromatic rings. The normalized spacial score (nSPS) is 27.6. The second-order valence-electron chi connectivity index (χ2n) is 14.1. The van der Waals surface area contributed by atoms with E-state index in [1.165, 1.54) is 156 Å². The first kappa shape index (κ1) is 27.0. The van der Waals surface area contributed by atoms with Gasteiger partial charge in [-0.1, -0.05) is 101 Å². The van der Waals surface area contributed by atoms with Crippen molar-refractivity contribution in [2.24, 2.45) is 4.99 Å². The van der Waals surface area contributed by atoms with Gasteiger partial charge >= 0.3 is 0 Å². The number of fused-ring (bicyclic) bond motifs is 1. The molecule has 7 rings (SSSR count). The van der Waals surface area contributed by atoms with Gasteiger partial charge in [0.1, 0.15) is 11.4 Å². The Morgan fingerprint density at radius 3 is 1.38 bits per heavy atom. The summed E-state index contributed by atoms with van der Waals surface area (Å²) in [5.74, 6) is 0. The van der Waals surface area contributed by atoms with Gasteiger partial charge in [-0.15, -0.1) is 0 Å². The van der Waals surface area contributed by atoms with E-state index in [1.807, 2.05) is 0 Å². The van der Waals surface area contributed by atoms with Crippen LogP contribution in [0.15, 0.2) is 29.3 Å². The zero-order chi connectivity index (χ0) is 26.9. The molecule has 0 amide bonds. The van der Waals surface area contributed by atoms with Crippen molar-refractivity contribution in [2.45, 2.75) is 171 Å². The van der Waals surface area contributed by atoms with E-state index < -0.39 is 6.10 Å². The Bertz CT molecular complexity index is 1030. The molecule has 1 N–H and O–H groups in total. The van der Waals surface area contributed by atoms with E-state index in [0.717, 1.165) is 6.42 Å². The predicted molar refractivity (Wildman–Crippen MR) is 166 cm³/mol. The van der Waals surface area contributed by atoms with Gasteiger partial charge in [0.15, 0.2) is 0 Å². The molecule has 0 unspecified atom stereocenters. The molecule has 4 fully saturated rings. The number of aliphatic hydroxyl groups is 1. The molecule has 218 valence electrons. The minimum Gasteiger partial charge on any atom is -0.390 e. The third-order valence-corrected chi connectivity index (χ3v) is 11.4. The fraction of sp³-hybridized carbons (Fsp3) is 0.750. The first-order valence-corrected chi connectivity index (χ1v) is 17.4. The van der Waals surface area contributed by atoms with E-state index in [2.05, 4.69) is 34.1 Å². The Morgan fingerprint density at radius 2 is 0.950 bits per heavy atom. The summed E-state index contributed by atoms with van der Waals surface area (Å²) in [6, 6.07) is 11.3. The topological polar surface area (TPSA) is 39.1 Å². The van der Waals surface area contributed by atoms with Crippen LogP contribution in [-0.4, -0.2) is 35.4 Å². The van der Waals surface area contributed by atoms with Crippen LogP contribution < -0.4 is 15.2 Å². The van der Waals surface area contributed by atoms with E-state index in [0.29, 0.717) is 24.2 Å². The molecule has 0 bridgehead atoms. The maximum absolute atomic E-state index is 11.3. The first-order valence-electron chi connectivity index (χ1n) is 17.4. The van der Waals surface area contributed by atoms with Crippen LogP contribution in [0, 0.1) is 0 Å². The molecule has 0 heterocycles. The van der Waals surface area contributed by atoms with Gasteiger partial charge in [-0.3, -0.25) is 4.99 Å². The molecule has 0 saturated heterocycles. The molecule has 4 heteroatoms. The van der Waals surface area contributed by atoms with E-state index in [9.17, 15) is 5.11 Å². The summed E-state index contributed by atoms with van der Waals surface area (Å²) in [5.41, 5.74) is 5.62. The second-order valence-corrected chi connectivity index (χ2v) is 14.1. The smallest absolute Gasteiger partial charge is 0.109 e. The summed E-state index contributed by atoms with van der Waals surface area (Å²) >= 11 is 0. The Kier molecular flexibility index (Phi) is 8.25. The summed E-state index contributed by atoms with van der Waals surface area (Å²) in [7, 11) is 0. The van der Waals surface area contributed by atoms with Gasteiger partial charge in [0, 0.05) is 30.6 Å². The minimum absolute atomic E-state index is 0.113. The standard InChI is InChI=1S/C36H53N3O/c40-32-25-26-15-13-14-24-31(26)33(32)37-34-35(38(27-16-5-1-6-17-27)28-18-7-2-8-19-28)36(34)39(29-20-9-3-10-21-29)30-22-11-4-12-23-30/h13-15,24,27-30,32-33,40H,1-12,16-23,25H2/t32-,33-/m0/s1. The highest BCUT2D eigenvalue weighted by Crippen LogP contribution is 2.47. The lowest BCUT2D eigenvalue weighted by atomic mass is 9.88. The Labute approximate surface area is 242 Å². The Hall–Kier alpha value is -1.81. The minimum atomic E-state index is -0.399. The molecule has 2 atom stereocenters. The number of hydrogen-bond acceptors (Lipinski definition) is 4.